The molecule has 2 aromatic carbocycles. The van der Waals surface area contributed by atoms with E-state index in [0.29, 0.717) is 12.1 Å². The van der Waals surface area contributed by atoms with Crippen LogP contribution in [0.25, 0.3) is 0 Å². The number of halogens is 6. The van der Waals surface area contributed by atoms with E-state index in [1.165, 1.54) is 13.0 Å². The summed E-state index contributed by atoms with van der Waals surface area (Å²) in [7, 11) is 0. The zero-order chi connectivity index (χ0) is 20.6. The summed E-state index contributed by atoms with van der Waals surface area (Å²) in [6, 6.07) is 3.84. The number of benzene rings is 2. The molecule has 0 saturated heterocycles. The summed E-state index contributed by atoms with van der Waals surface area (Å²) in [6.07, 6.45) is -10.2. The molecule has 2 rings (SSSR count). The van der Waals surface area contributed by atoms with Crippen LogP contribution < -0.4 is 5.32 Å². The van der Waals surface area contributed by atoms with Crippen LogP contribution in [-0.2, 0) is 12.4 Å². The van der Waals surface area contributed by atoms with Gasteiger partial charge in [-0.25, -0.2) is 0 Å². The quantitative estimate of drug-likeness (QED) is 0.444. The number of carbonyl (C=O) groups excluding carboxylic acids is 1. The minimum absolute atomic E-state index is 0.0194. The van der Waals surface area contributed by atoms with Crippen molar-refractivity contribution in [2.75, 3.05) is 5.32 Å². The van der Waals surface area contributed by atoms with Gasteiger partial charge in [0, 0.05) is 22.9 Å². The predicted molar refractivity (Wildman–Crippen MR) is 82.2 cm³/mol. The van der Waals surface area contributed by atoms with Crippen LogP contribution in [0.2, 0.25) is 0 Å². The summed E-state index contributed by atoms with van der Waals surface area (Å²) in [5, 5.41) is 12.9. The lowest BCUT2D eigenvalue weighted by Crippen LogP contribution is -2.17. The number of nitro benzene ring substituents is 1. The lowest BCUT2D eigenvalue weighted by Gasteiger charge is -2.14. The summed E-state index contributed by atoms with van der Waals surface area (Å²) >= 11 is 0. The average molecular weight is 392 g/mol. The fraction of sp³-hybridized carbons (Fsp3) is 0.188. The Hall–Kier alpha value is -3.11. The third kappa shape index (κ3) is 4.74. The van der Waals surface area contributed by atoms with Gasteiger partial charge in [0.25, 0.3) is 11.6 Å². The summed E-state index contributed by atoms with van der Waals surface area (Å²) < 4.78 is 77.0. The van der Waals surface area contributed by atoms with Gasteiger partial charge in [-0.1, -0.05) is 0 Å². The number of nitrogens with one attached hydrogen (secondary N) is 1. The van der Waals surface area contributed by atoms with E-state index in [4.69, 9.17) is 0 Å². The maximum Gasteiger partial charge on any atom is 0.416 e. The molecule has 2 aromatic rings. The Morgan fingerprint density at radius 2 is 1.48 bits per heavy atom. The number of amides is 1. The fourth-order valence-corrected chi connectivity index (χ4v) is 2.23. The van der Waals surface area contributed by atoms with Gasteiger partial charge in [0.2, 0.25) is 0 Å². The van der Waals surface area contributed by atoms with Crippen molar-refractivity contribution in [1.29, 1.82) is 0 Å². The number of rotatable bonds is 3. The number of aryl methyl sites for hydroxylation is 1. The molecule has 144 valence electrons. The van der Waals surface area contributed by atoms with E-state index in [1.807, 2.05) is 0 Å². The Morgan fingerprint density at radius 3 is 1.89 bits per heavy atom. The number of hydrogen-bond acceptors (Lipinski definition) is 3. The van der Waals surface area contributed by atoms with Crippen molar-refractivity contribution in [2.24, 2.45) is 0 Å². The SMILES string of the molecule is Cc1cc(NC(=O)c2cc(C(F)(F)F)cc(C(F)(F)F)c2)ccc1[N+](=O)[O-]. The molecule has 0 aliphatic heterocycles. The van der Waals surface area contributed by atoms with Crippen molar-refractivity contribution in [2.45, 2.75) is 19.3 Å². The Bertz CT molecular complexity index is 874. The van der Waals surface area contributed by atoms with Gasteiger partial charge in [-0.15, -0.1) is 0 Å². The highest BCUT2D eigenvalue weighted by atomic mass is 19.4. The number of carbonyl (C=O) groups is 1. The molecular weight excluding hydrogens is 382 g/mol. The van der Waals surface area contributed by atoms with E-state index in [0.717, 1.165) is 12.1 Å². The van der Waals surface area contributed by atoms with Crippen LogP contribution in [0.1, 0.15) is 27.0 Å². The number of nitro groups is 1. The van der Waals surface area contributed by atoms with Crippen LogP contribution in [0.4, 0.5) is 37.7 Å². The third-order valence-electron chi connectivity index (χ3n) is 3.50. The molecule has 0 aliphatic carbocycles. The van der Waals surface area contributed by atoms with E-state index >= 15 is 0 Å². The summed E-state index contributed by atoms with van der Waals surface area (Å²) in [6.45, 7) is 1.36. The lowest BCUT2D eigenvalue weighted by molar-refractivity contribution is -0.385. The van der Waals surface area contributed by atoms with Crippen LogP contribution in [0.5, 0.6) is 0 Å². The van der Waals surface area contributed by atoms with Gasteiger partial charge < -0.3 is 5.32 Å². The minimum Gasteiger partial charge on any atom is -0.322 e. The molecule has 0 radical (unpaired) electrons. The molecule has 27 heavy (non-hydrogen) atoms. The van der Waals surface area contributed by atoms with E-state index in [-0.39, 0.29) is 23.0 Å². The molecule has 0 aliphatic rings. The molecule has 0 aromatic heterocycles. The van der Waals surface area contributed by atoms with Crippen LogP contribution in [0, 0.1) is 17.0 Å². The van der Waals surface area contributed by atoms with Gasteiger partial charge in [-0.2, -0.15) is 26.3 Å². The number of alkyl halides is 6. The normalized spacial score (nSPS) is 12.0. The highest BCUT2D eigenvalue weighted by molar-refractivity contribution is 6.04. The first-order valence-electron chi connectivity index (χ1n) is 7.15. The summed E-state index contributed by atoms with van der Waals surface area (Å²) in [5.41, 5.74) is -4.23. The molecule has 0 heterocycles. The van der Waals surface area contributed by atoms with Crippen LogP contribution >= 0.6 is 0 Å². The van der Waals surface area contributed by atoms with Crippen molar-refractivity contribution in [1.82, 2.24) is 0 Å². The third-order valence-corrected chi connectivity index (χ3v) is 3.50. The molecule has 0 fully saturated rings. The molecule has 1 amide bonds. The average Bonchev–Trinajstić information content (AvgIpc) is 2.52. The van der Waals surface area contributed by atoms with E-state index in [2.05, 4.69) is 5.32 Å². The van der Waals surface area contributed by atoms with Crippen molar-refractivity contribution in [3.05, 3.63) is 68.8 Å². The molecule has 0 unspecified atom stereocenters. The molecule has 0 spiro atoms. The second-order valence-electron chi connectivity index (χ2n) is 5.51. The largest absolute Gasteiger partial charge is 0.416 e. The molecule has 11 heteroatoms. The van der Waals surface area contributed by atoms with E-state index < -0.39 is 39.9 Å². The van der Waals surface area contributed by atoms with Gasteiger partial charge in [-0.05, 0) is 37.3 Å². The van der Waals surface area contributed by atoms with Gasteiger partial charge >= 0.3 is 12.4 Å². The zero-order valence-electron chi connectivity index (χ0n) is 13.4. The van der Waals surface area contributed by atoms with Gasteiger partial charge in [-0.3, -0.25) is 14.9 Å². The Kier molecular flexibility index (Phi) is 5.16. The predicted octanol–water partition coefficient (Wildman–Crippen LogP) is 5.19. The number of hydrogen-bond donors (Lipinski definition) is 1. The number of anilines is 1. The second-order valence-corrected chi connectivity index (χ2v) is 5.51. The molecule has 0 bridgehead atoms. The second kappa shape index (κ2) is 6.89. The van der Waals surface area contributed by atoms with Crippen molar-refractivity contribution in [3.63, 3.8) is 0 Å². The first-order valence-corrected chi connectivity index (χ1v) is 7.15. The molecule has 0 atom stereocenters. The van der Waals surface area contributed by atoms with Crippen LogP contribution in [0.15, 0.2) is 36.4 Å². The van der Waals surface area contributed by atoms with Gasteiger partial charge in [0.15, 0.2) is 0 Å². The first-order chi connectivity index (χ1) is 12.3. The lowest BCUT2D eigenvalue weighted by atomic mass is 10.0. The van der Waals surface area contributed by atoms with Crippen molar-refractivity contribution < 1.29 is 36.1 Å². The number of nitrogens with zero attached hydrogens (tertiary/aromatic N) is 1. The Balaban J connectivity index is 2.41. The molecule has 1 N–H and O–H groups in total. The first kappa shape index (κ1) is 20.2. The van der Waals surface area contributed by atoms with Crippen LogP contribution in [0.3, 0.4) is 0 Å². The van der Waals surface area contributed by atoms with Gasteiger partial charge in [0.1, 0.15) is 0 Å². The maximum atomic E-state index is 12.8. The van der Waals surface area contributed by atoms with E-state index in [1.54, 1.807) is 0 Å². The Morgan fingerprint density at radius 1 is 0.963 bits per heavy atom. The maximum absolute atomic E-state index is 12.8. The molecule has 5 nitrogen and oxygen atoms in total. The summed E-state index contributed by atoms with van der Waals surface area (Å²) in [5.74, 6) is -1.22. The fourth-order valence-electron chi connectivity index (χ4n) is 2.23. The minimum atomic E-state index is -5.08. The van der Waals surface area contributed by atoms with E-state index in [9.17, 15) is 41.3 Å². The topological polar surface area (TPSA) is 72.2 Å². The molecular formula is C16H10F6N2O3. The highest BCUT2D eigenvalue weighted by Gasteiger charge is 2.37. The standard InChI is InChI=1S/C16H10F6N2O3/c1-8-4-12(2-3-13(8)24(26)27)23-14(25)9-5-10(15(17,18)19)7-11(6-9)16(20,21)22/h2-7H,1H3,(H,23,25). The van der Waals surface area contributed by atoms with Crippen LogP contribution in [-0.4, -0.2) is 10.8 Å². The summed E-state index contributed by atoms with van der Waals surface area (Å²) in [4.78, 5) is 22.2. The van der Waals surface area contributed by atoms with Gasteiger partial charge in [0.05, 0.1) is 16.1 Å². The Labute approximate surface area is 147 Å². The monoisotopic (exact) mass is 392 g/mol. The van der Waals surface area contributed by atoms with Crippen molar-refractivity contribution >= 4 is 17.3 Å². The highest BCUT2D eigenvalue weighted by Crippen LogP contribution is 2.36. The van der Waals surface area contributed by atoms with Crippen molar-refractivity contribution in [3.8, 4) is 0 Å². The zero-order valence-corrected chi connectivity index (χ0v) is 13.4. The smallest absolute Gasteiger partial charge is 0.322 e. The molecule has 0 saturated carbocycles.